The zero-order valence-corrected chi connectivity index (χ0v) is 12.9. The van der Waals surface area contributed by atoms with Gasteiger partial charge in [0.25, 0.3) is 0 Å². The Hall–Kier alpha value is -1.55. The lowest BCUT2D eigenvalue weighted by molar-refractivity contribution is -0.117. The molecule has 0 radical (unpaired) electrons. The largest absolute Gasteiger partial charge is 0.497 e. The molecule has 4 nitrogen and oxygen atoms in total. The van der Waals surface area contributed by atoms with Crippen molar-refractivity contribution in [3.05, 3.63) is 23.8 Å². The second kappa shape index (κ2) is 7.90. The molecule has 0 spiro atoms. The molecule has 0 bridgehead atoms. The fourth-order valence-electron chi connectivity index (χ4n) is 2.30. The van der Waals surface area contributed by atoms with Crippen molar-refractivity contribution in [2.45, 2.75) is 33.6 Å². The van der Waals surface area contributed by atoms with E-state index in [0.29, 0.717) is 18.9 Å². The molecule has 1 aromatic rings. The van der Waals surface area contributed by atoms with Crippen LogP contribution in [0.15, 0.2) is 18.2 Å². The van der Waals surface area contributed by atoms with Crippen molar-refractivity contribution in [1.82, 2.24) is 0 Å². The van der Waals surface area contributed by atoms with Gasteiger partial charge in [0, 0.05) is 12.1 Å². The molecule has 0 aliphatic carbocycles. The van der Waals surface area contributed by atoms with Crippen LogP contribution >= 0.6 is 0 Å². The number of amides is 1. The Morgan fingerprint density at radius 3 is 2.60 bits per heavy atom. The number of rotatable bonds is 7. The van der Waals surface area contributed by atoms with Gasteiger partial charge in [0.2, 0.25) is 5.91 Å². The van der Waals surface area contributed by atoms with Crippen molar-refractivity contribution in [3.63, 3.8) is 0 Å². The van der Waals surface area contributed by atoms with E-state index in [1.807, 2.05) is 25.1 Å². The maximum atomic E-state index is 12.1. The average Bonchev–Trinajstić information content (AvgIpc) is 2.39. The van der Waals surface area contributed by atoms with Gasteiger partial charge in [-0.2, -0.15) is 0 Å². The van der Waals surface area contributed by atoms with Crippen LogP contribution in [0.5, 0.6) is 5.75 Å². The third-order valence-corrected chi connectivity index (χ3v) is 3.32. The third-order valence-electron chi connectivity index (χ3n) is 3.32. The maximum Gasteiger partial charge on any atom is 0.224 e. The number of hydrogen-bond donors (Lipinski definition) is 2. The van der Waals surface area contributed by atoms with E-state index in [4.69, 9.17) is 10.5 Å². The van der Waals surface area contributed by atoms with Gasteiger partial charge >= 0.3 is 0 Å². The molecule has 0 aliphatic rings. The smallest absolute Gasteiger partial charge is 0.224 e. The van der Waals surface area contributed by atoms with Crippen molar-refractivity contribution in [1.29, 1.82) is 0 Å². The summed E-state index contributed by atoms with van der Waals surface area (Å²) in [7, 11) is 1.63. The Labute approximate surface area is 121 Å². The van der Waals surface area contributed by atoms with Gasteiger partial charge in [-0.1, -0.05) is 13.8 Å². The summed E-state index contributed by atoms with van der Waals surface area (Å²) >= 11 is 0. The number of nitrogens with two attached hydrogens (primary N) is 1. The van der Waals surface area contributed by atoms with E-state index in [1.165, 1.54) is 0 Å². The van der Waals surface area contributed by atoms with E-state index in [-0.39, 0.29) is 11.8 Å². The summed E-state index contributed by atoms with van der Waals surface area (Å²) in [6, 6.07) is 5.62. The fraction of sp³-hybridized carbons (Fsp3) is 0.562. The van der Waals surface area contributed by atoms with Crippen LogP contribution in [0, 0.1) is 18.8 Å². The number of carbonyl (C=O) groups excluding carboxylic acids is 1. The molecule has 0 saturated carbocycles. The summed E-state index contributed by atoms with van der Waals surface area (Å²) in [5, 5.41) is 2.95. The monoisotopic (exact) mass is 278 g/mol. The van der Waals surface area contributed by atoms with Gasteiger partial charge in [0.15, 0.2) is 0 Å². The molecule has 0 saturated heterocycles. The van der Waals surface area contributed by atoms with Crippen molar-refractivity contribution >= 4 is 11.6 Å². The van der Waals surface area contributed by atoms with Gasteiger partial charge in [-0.15, -0.1) is 0 Å². The summed E-state index contributed by atoms with van der Waals surface area (Å²) in [5.74, 6) is 1.61. The van der Waals surface area contributed by atoms with Crippen LogP contribution in [0.1, 0.15) is 32.3 Å². The predicted molar refractivity (Wildman–Crippen MR) is 83.0 cm³/mol. The highest BCUT2D eigenvalue weighted by atomic mass is 16.5. The molecule has 0 aromatic heterocycles. The third kappa shape index (κ3) is 5.21. The summed E-state index contributed by atoms with van der Waals surface area (Å²) in [4.78, 5) is 12.1. The van der Waals surface area contributed by atoms with Crippen LogP contribution in [0.25, 0.3) is 0 Å². The first-order chi connectivity index (χ1) is 9.46. The molecule has 1 rings (SSSR count). The lowest BCUT2D eigenvalue weighted by Gasteiger charge is -2.17. The highest BCUT2D eigenvalue weighted by Gasteiger charge is 2.14. The van der Waals surface area contributed by atoms with Gasteiger partial charge in [-0.3, -0.25) is 4.79 Å². The Kier molecular flexibility index (Phi) is 6.52. The summed E-state index contributed by atoms with van der Waals surface area (Å²) in [6.45, 7) is 6.79. The number of methoxy groups -OCH3 is 1. The maximum absolute atomic E-state index is 12.1. The lowest BCUT2D eigenvalue weighted by Crippen LogP contribution is -2.23. The molecule has 1 aromatic carbocycles. The van der Waals surface area contributed by atoms with Crippen LogP contribution in [-0.2, 0) is 4.79 Å². The van der Waals surface area contributed by atoms with Crippen LogP contribution in [0.4, 0.5) is 5.69 Å². The Morgan fingerprint density at radius 1 is 1.40 bits per heavy atom. The van der Waals surface area contributed by atoms with Crippen molar-refractivity contribution < 1.29 is 9.53 Å². The molecule has 3 N–H and O–H groups in total. The van der Waals surface area contributed by atoms with Gasteiger partial charge in [0.1, 0.15) is 5.75 Å². The van der Waals surface area contributed by atoms with Gasteiger partial charge in [-0.05, 0) is 55.5 Å². The molecule has 4 heteroatoms. The van der Waals surface area contributed by atoms with E-state index in [1.54, 1.807) is 7.11 Å². The Bertz CT molecular complexity index is 444. The highest BCUT2D eigenvalue weighted by Crippen LogP contribution is 2.22. The molecule has 0 heterocycles. The fourth-order valence-corrected chi connectivity index (χ4v) is 2.30. The molecule has 1 amide bonds. The molecule has 20 heavy (non-hydrogen) atoms. The number of carbonyl (C=O) groups is 1. The van der Waals surface area contributed by atoms with Crippen molar-refractivity contribution in [2.24, 2.45) is 17.6 Å². The second-order valence-electron chi connectivity index (χ2n) is 5.66. The van der Waals surface area contributed by atoms with E-state index < -0.39 is 0 Å². The van der Waals surface area contributed by atoms with Crippen LogP contribution in [0.3, 0.4) is 0 Å². The minimum absolute atomic E-state index is 0.0226. The Morgan fingerprint density at radius 2 is 2.10 bits per heavy atom. The first-order valence-corrected chi connectivity index (χ1v) is 7.10. The number of aryl methyl sites for hydroxylation is 1. The molecule has 0 fully saturated rings. The first kappa shape index (κ1) is 16.5. The standard InChI is InChI=1S/C16H26N2O2/c1-11(2)7-13(10-17)9-16(19)18-15-6-5-14(20-4)8-12(15)3/h5-6,8,11,13H,7,9-10,17H2,1-4H3,(H,18,19)/t13-/m0/s1. The van der Waals surface area contributed by atoms with E-state index >= 15 is 0 Å². The summed E-state index contributed by atoms with van der Waals surface area (Å²) in [5.41, 5.74) is 7.56. The average molecular weight is 278 g/mol. The second-order valence-corrected chi connectivity index (χ2v) is 5.66. The van der Waals surface area contributed by atoms with Gasteiger partial charge < -0.3 is 15.8 Å². The lowest BCUT2D eigenvalue weighted by atomic mass is 9.94. The van der Waals surface area contributed by atoms with Crippen LogP contribution in [-0.4, -0.2) is 19.6 Å². The van der Waals surface area contributed by atoms with Crippen LogP contribution in [0.2, 0.25) is 0 Å². The zero-order valence-electron chi connectivity index (χ0n) is 12.9. The molecule has 112 valence electrons. The molecule has 0 unspecified atom stereocenters. The zero-order chi connectivity index (χ0) is 15.1. The Balaban J connectivity index is 2.61. The minimum Gasteiger partial charge on any atom is -0.497 e. The van der Waals surface area contributed by atoms with Crippen molar-refractivity contribution in [2.75, 3.05) is 19.0 Å². The highest BCUT2D eigenvalue weighted by molar-refractivity contribution is 5.91. The molecular weight excluding hydrogens is 252 g/mol. The SMILES string of the molecule is COc1ccc(NC(=O)C[C@@H](CN)CC(C)C)c(C)c1. The number of nitrogens with one attached hydrogen (secondary N) is 1. The van der Waals surface area contributed by atoms with E-state index in [9.17, 15) is 4.79 Å². The summed E-state index contributed by atoms with van der Waals surface area (Å²) < 4.78 is 5.15. The predicted octanol–water partition coefficient (Wildman–Crippen LogP) is 2.95. The molecule has 0 aliphatic heterocycles. The number of hydrogen-bond acceptors (Lipinski definition) is 3. The van der Waals surface area contributed by atoms with Gasteiger partial charge in [-0.25, -0.2) is 0 Å². The molecular formula is C16H26N2O2. The van der Waals surface area contributed by atoms with E-state index in [2.05, 4.69) is 19.2 Å². The quantitative estimate of drug-likeness (QED) is 0.806. The normalized spacial score (nSPS) is 12.3. The first-order valence-electron chi connectivity index (χ1n) is 7.10. The van der Waals surface area contributed by atoms with Gasteiger partial charge in [0.05, 0.1) is 7.11 Å². The minimum atomic E-state index is 0.0226. The molecule has 1 atom stereocenters. The number of benzene rings is 1. The van der Waals surface area contributed by atoms with Crippen molar-refractivity contribution in [3.8, 4) is 5.75 Å². The number of ether oxygens (including phenoxy) is 1. The van der Waals surface area contributed by atoms with E-state index in [0.717, 1.165) is 23.4 Å². The topological polar surface area (TPSA) is 64.3 Å². The number of anilines is 1. The van der Waals surface area contributed by atoms with Crippen LogP contribution < -0.4 is 15.8 Å². The summed E-state index contributed by atoms with van der Waals surface area (Å²) in [6.07, 6.45) is 1.45.